The quantitative estimate of drug-likeness (QED) is 0.436. The number of carbonyl (C=O) groups excluding carboxylic acids is 1. The third kappa shape index (κ3) is 2.29. The Morgan fingerprint density at radius 1 is 1.46 bits per heavy atom. The summed E-state index contributed by atoms with van der Waals surface area (Å²) in [5, 5.41) is 9.94. The maximum atomic E-state index is 10.4. The van der Waals surface area contributed by atoms with E-state index >= 15 is 0 Å². The minimum absolute atomic E-state index is 0.237. The van der Waals surface area contributed by atoms with E-state index in [1.807, 2.05) is 37.3 Å². The Balaban J connectivity index is 2.84. The second-order valence-corrected chi connectivity index (χ2v) is 2.82. The van der Waals surface area contributed by atoms with Crippen molar-refractivity contribution in [1.82, 2.24) is 5.06 Å². The third-order valence-corrected chi connectivity index (χ3v) is 2.00. The standard InChI is InChI=1S/C10H13NO2/c1-2-10(11(13)8-12)9-6-4-3-5-7-9/h3-8,10,13H,2H2,1H3. The van der Waals surface area contributed by atoms with Gasteiger partial charge >= 0.3 is 0 Å². The van der Waals surface area contributed by atoms with E-state index in [1.165, 1.54) is 0 Å². The molecule has 0 heterocycles. The molecule has 0 fully saturated rings. The predicted molar refractivity (Wildman–Crippen MR) is 49.2 cm³/mol. The van der Waals surface area contributed by atoms with E-state index < -0.39 is 0 Å². The van der Waals surface area contributed by atoms with Crippen LogP contribution in [0.15, 0.2) is 30.3 Å². The lowest BCUT2D eigenvalue weighted by molar-refractivity contribution is -0.161. The monoisotopic (exact) mass is 179 g/mol. The summed E-state index contributed by atoms with van der Waals surface area (Å²) in [6.45, 7) is 1.92. The van der Waals surface area contributed by atoms with E-state index in [0.717, 1.165) is 5.56 Å². The van der Waals surface area contributed by atoms with Gasteiger partial charge in [0.05, 0.1) is 6.04 Å². The fourth-order valence-corrected chi connectivity index (χ4v) is 1.32. The van der Waals surface area contributed by atoms with Crippen LogP contribution in [0.25, 0.3) is 0 Å². The first-order chi connectivity index (χ1) is 6.29. The van der Waals surface area contributed by atoms with Gasteiger partial charge in [0.2, 0.25) is 6.41 Å². The zero-order valence-electron chi connectivity index (χ0n) is 7.55. The Labute approximate surface area is 77.6 Å². The van der Waals surface area contributed by atoms with Gasteiger partial charge in [0, 0.05) is 0 Å². The fraction of sp³-hybridized carbons (Fsp3) is 0.300. The van der Waals surface area contributed by atoms with E-state index in [0.29, 0.717) is 17.9 Å². The summed E-state index contributed by atoms with van der Waals surface area (Å²) in [5.74, 6) is 0. The highest BCUT2D eigenvalue weighted by molar-refractivity contribution is 5.46. The summed E-state index contributed by atoms with van der Waals surface area (Å²) < 4.78 is 0. The highest BCUT2D eigenvalue weighted by atomic mass is 16.5. The van der Waals surface area contributed by atoms with Crippen LogP contribution >= 0.6 is 0 Å². The number of hydroxylamine groups is 2. The first kappa shape index (κ1) is 9.74. The van der Waals surface area contributed by atoms with Crippen LogP contribution < -0.4 is 0 Å². The summed E-state index contributed by atoms with van der Waals surface area (Å²) in [4.78, 5) is 10.4. The zero-order chi connectivity index (χ0) is 9.68. The number of nitrogens with zero attached hydrogens (tertiary/aromatic N) is 1. The van der Waals surface area contributed by atoms with Crippen LogP contribution in [0.5, 0.6) is 0 Å². The Morgan fingerprint density at radius 2 is 2.08 bits per heavy atom. The first-order valence-electron chi connectivity index (χ1n) is 4.27. The first-order valence-corrected chi connectivity index (χ1v) is 4.27. The van der Waals surface area contributed by atoms with Gasteiger partial charge in [-0.25, -0.2) is 5.06 Å². The lowest BCUT2D eigenvalue weighted by Gasteiger charge is -2.20. The molecule has 1 rings (SSSR count). The fourth-order valence-electron chi connectivity index (χ4n) is 1.32. The molecule has 1 amide bonds. The molecule has 1 aromatic carbocycles. The summed E-state index contributed by atoms with van der Waals surface area (Å²) >= 11 is 0. The van der Waals surface area contributed by atoms with Crippen LogP contribution in [0.3, 0.4) is 0 Å². The molecule has 1 N–H and O–H groups in total. The lowest BCUT2D eigenvalue weighted by Crippen LogP contribution is -2.22. The lowest BCUT2D eigenvalue weighted by atomic mass is 10.1. The van der Waals surface area contributed by atoms with Gasteiger partial charge in [0.15, 0.2) is 0 Å². The van der Waals surface area contributed by atoms with Crippen molar-refractivity contribution in [1.29, 1.82) is 0 Å². The third-order valence-electron chi connectivity index (χ3n) is 2.00. The number of rotatable bonds is 4. The molecule has 1 atom stereocenters. The van der Waals surface area contributed by atoms with E-state index in [1.54, 1.807) is 0 Å². The van der Waals surface area contributed by atoms with Crippen molar-refractivity contribution in [3.63, 3.8) is 0 Å². The van der Waals surface area contributed by atoms with Crippen LogP contribution in [0.4, 0.5) is 0 Å². The molecule has 0 aliphatic rings. The van der Waals surface area contributed by atoms with Gasteiger partial charge < -0.3 is 0 Å². The molecule has 70 valence electrons. The van der Waals surface area contributed by atoms with Crippen molar-refractivity contribution in [3.8, 4) is 0 Å². The van der Waals surface area contributed by atoms with Crippen molar-refractivity contribution >= 4 is 6.41 Å². The Bertz CT molecular complexity index is 261. The molecule has 0 saturated heterocycles. The SMILES string of the molecule is CCC(c1ccccc1)N(O)C=O. The molecular weight excluding hydrogens is 166 g/mol. The smallest absolute Gasteiger partial charge is 0.233 e. The molecule has 0 radical (unpaired) electrons. The maximum absolute atomic E-state index is 10.4. The normalized spacial score (nSPS) is 12.2. The molecule has 3 nitrogen and oxygen atoms in total. The van der Waals surface area contributed by atoms with Gasteiger partial charge in [0.25, 0.3) is 0 Å². The molecule has 0 aromatic heterocycles. The molecule has 0 saturated carbocycles. The molecule has 0 aliphatic heterocycles. The molecule has 0 spiro atoms. The highest BCUT2D eigenvalue weighted by Gasteiger charge is 2.14. The van der Waals surface area contributed by atoms with Gasteiger partial charge in [-0.05, 0) is 12.0 Å². The van der Waals surface area contributed by atoms with E-state index in [9.17, 15) is 10.0 Å². The predicted octanol–water partition coefficient (Wildman–Crippen LogP) is 1.99. The maximum Gasteiger partial charge on any atom is 0.233 e. The van der Waals surface area contributed by atoms with Gasteiger partial charge in [-0.2, -0.15) is 0 Å². The largest absolute Gasteiger partial charge is 0.286 e. The highest BCUT2D eigenvalue weighted by Crippen LogP contribution is 2.20. The molecule has 3 heteroatoms. The van der Waals surface area contributed by atoms with Crippen LogP contribution in [-0.4, -0.2) is 16.7 Å². The second kappa shape index (κ2) is 4.62. The van der Waals surface area contributed by atoms with Crippen molar-refractivity contribution in [3.05, 3.63) is 35.9 Å². The zero-order valence-corrected chi connectivity index (χ0v) is 7.55. The summed E-state index contributed by atoms with van der Waals surface area (Å²) in [5.41, 5.74) is 0.944. The molecule has 0 aliphatic carbocycles. The minimum Gasteiger partial charge on any atom is -0.286 e. The molecule has 1 unspecified atom stereocenters. The van der Waals surface area contributed by atoms with Crippen molar-refractivity contribution < 1.29 is 10.0 Å². The van der Waals surface area contributed by atoms with E-state index in [2.05, 4.69) is 0 Å². The van der Waals surface area contributed by atoms with Crippen LogP contribution in [0, 0.1) is 0 Å². The number of carbonyl (C=O) groups is 1. The van der Waals surface area contributed by atoms with Crippen LogP contribution in [-0.2, 0) is 4.79 Å². The Hall–Kier alpha value is -1.35. The van der Waals surface area contributed by atoms with Crippen molar-refractivity contribution in [2.75, 3.05) is 0 Å². The van der Waals surface area contributed by atoms with E-state index in [-0.39, 0.29) is 6.04 Å². The Morgan fingerprint density at radius 3 is 2.54 bits per heavy atom. The number of benzene rings is 1. The topological polar surface area (TPSA) is 40.5 Å². The van der Waals surface area contributed by atoms with Crippen molar-refractivity contribution in [2.45, 2.75) is 19.4 Å². The van der Waals surface area contributed by atoms with Gasteiger partial charge in [-0.15, -0.1) is 0 Å². The molecule has 1 aromatic rings. The average molecular weight is 179 g/mol. The van der Waals surface area contributed by atoms with Gasteiger partial charge in [-0.3, -0.25) is 10.0 Å². The second-order valence-electron chi connectivity index (χ2n) is 2.82. The van der Waals surface area contributed by atoms with E-state index in [4.69, 9.17) is 0 Å². The van der Waals surface area contributed by atoms with Crippen LogP contribution in [0.2, 0.25) is 0 Å². The number of hydrogen-bond donors (Lipinski definition) is 1. The minimum atomic E-state index is -0.237. The molecular formula is C10H13NO2. The Kier molecular flexibility index (Phi) is 3.46. The summed E-state index contributed by atoms with van der Waals surface area (Å²) in [7, 11) is 0. The van der Waals surface area contributed by atoms with Crippen LogP contribution in [0.1, 0.15) is 24.9 Å². The average Bonchev–Trinajstić information content (AvgIpc) is 2.20. The van der Waals surface area contributed by atoms with Crippen molar-refractivity contribution in [2.24, 2.45) is 0 Å². The summed E-state index contributed by atoms with van der Waals surface area (Å²) in [6, 6.07) is 9.21. The number of amides is 1. The molecule has 0 bridgehead atoms. The molecule has 13 heavy (non-hydrogen) atoms. The van der Waals surface area contributed by atoms with Gasteiger partial charge in [-0.1, -0.05) is 37.3 Å². The summed E-state index contributed by atoms with van der Waals surface area (Å²) in [6.07, 6.45) is 1.13. The number of hydrogen-bond acceptors (Lipinski definition) is 2. The van der Waals surface area contributed by atoms with Gasteiger partial charge in [0.1, 0.15) is 0 Å².